The summed E-state index contributed by atoms with van der Waals surface area (Å²) >= 11 is 1.10. The summed E-state index contributed by atoms with van der Waals surface area (Å²) in [5.41, 5.74) is -1.31. The molecule has 3 aromatic rings. The van der Waals surface area contributed by atoms with E-state index in [0.717, 1.165) is 29.5 Å². The van der Waals surface area contributed by atoms with Crippen LogP contribution < -0.4 is 5.32 Å². The number of rotatable bonds is 3. The summed E-state index contributed by atoms with van der Waals surface area (Å²) in [5.74, 6) is -1.12. The summed E-state index contributed by atoms with van der Waals surface area (Å²) in [5, 5.41) is 3.28. The minimum atomic E-state index is -4.62. The van der Waals surface area contributed by atoms with Crippen LogP contribution in [0.2, 0.25) is 0 Å². The van der Waals surface area contributed by atoms with Crippen molar-refractivity contribution in [3.05, 3.63) is 47.1 Å². The molecule has 3 rings (SSSR count). The van der Waals surface area contributed by atoms with E-state index in [1.54, 1.807) is 10.7 Å². The monoisotopic (exact) mass is 393 g/mol. The topological polar surface area (TPSA) is 46.4 Å². The number of aromatic nitrogens is 2. The zero-order valence-electron chi connectivity index (χ0n) is 12.6. The van der Waals surface area contributed by atoms with E-state index in [4.69, 9.17) is 0 Å². The number of carbonyl (C=O) groups excluding carboxylic acids is 1. The zero-order valence-corrected chi connectivity index (χ0v) is 13.5. The number of carbonyl (C=O) groups is 1. The molecule has 0 bridgehead atoms. The van der Waals surface area contributed by atoms with Crippen LogP contribution in [0, 0.1) is 0 Å². The number of benzene rings is 1. The van der Waals surface area contributed by atoms with Gasteiger partial charge in [-0.3, -0.25) is 9.20 Å². The predicted molar refractivity (Wildman–Crippen MR) is 81.9 cm³/mol. The largest absolute Gasteiger partial charge is 0.416 e. The highest BCUT2D eigenvalue weighted by Gasteiger charge is 2.32. The molecule has 0 radical (unpaired) electrons. The maximum atomic E-state index is 12.9. The highest BCUT2D eigenvalue weighted by Crippen LogP contribution is 2.34. The first-order valence-electron chi connectivity index (χ1n) is 7.04. The second kappa shape index (κ2) is 6.31. The molecule has 0 saturated heterocycles. The lowest BCUT2D eigenvalue weighted by molar-refractivity contribution is -0.137. The molecule has 0 spiro atoms. The number of halogens is 6. The van der Waals surface area contributed by atoms with Crippen LogP contribution in [0.3, 0.4) is 0 Å². The second-order valence-electron chi connectivity index (χ2n) is 5.24. The third-order valence-corrected chi connectivity index (χ3v) is 4.15. The predicted octanol–water partition coefficient (Wildman–Crippen LogP) is 4.37. The summed E-state index contributed by atoms with van der Waals surface area (Å²) < 4.78 is 77.2. The van der Waals surface area contributed by atoms with E-state index in [0.29, 0.717) is 0 Å². The first-order chi connectivity index (χ1) is 12.1. The quantitative estimate of drug-likeness (QED) is 0.672. The van der Waals surface area contributed by atoms with Gasteiger partial charge in [-0.25, -0.2) is 4.98 Å². The normalized spacial score (nSPS) is 12.5. The molecule has 0 atom stereocenters. The zero-order chi connectivity index (χ0) is 19.1. The van der Waals surface area contributed by atoms with Crippen LogP contribution >= 0.6 is 11.3 Å². The molecular formula is C15H9F6N3OS. The van der Waals surface area contributed by atoms with Crippen molar-refractivity contribution in [3.63, 3.8) is 0 Å². The molecule has 2 heterocycles. The fraction of sp³-hybridized carbons (Fsp3) is 0.200. The number of hydrogen-bond acceptors (Lipinski definition) is 3. The molecule has 0 aliphatic heterocycles. The summed E-state index contributed by atoms with van der Waals surface area (Å²) in [6.45, 7) is -1.57. The molecule has 1 N–H and O–H groups in total. The lowest BCUT2D eigenvalue weighted by Crippen LogP contribution is -2.34. The molecule has 11 heteroatoms. The van der Waals surface area contributed by atoms with Crippen LogP contribution in [-0.2, 0) is 6.18 Å². The Hall–Kier alpha value is -2.56. The molecule has 1 amide bonds. The molecule has 0 saturated carbocycles. The summed E-state index contributed by atoms with van der Waals surface area (Å²) in [4.78, 5) is 16.4. The van der Waals surface area contributed by atoms with Gasteiger partial charge in [-0.2, -0.15) is 26.3 Å². The first-order valence-corrected chi connectivity index (χ1v) is 7.92. The fourth-order valence-corrected chi connectivity index (χ4v) is 3.04. The van der Waals surface area contributed by atoms with Crippen molar-refractivity contribution < 1.29 is 31.1 Å². The number of fused-ring (bicyclic) bond motifs is 1. The summed E-state index contributed by atoms with van der Waals surface area (Å²) in [7, 11) is 0. The average Bonchev–Trinajstić information content (AvgIpc) is 3.11. The van der Waals surface area contributed by atoms with E-state index in [2.05, 4.69) is 4.98 Å². The minimum Gasteiger partial charge on any atom is -0.342 e. The van der Waals surface area contributed by atoms with Gasteiger partial charge in [0.25, 0.3) is 5.91 Å². The van der Waals surface area contributed by atoms with Gasteiger partial charge in [0, 0.05) is 17.1 Å². The average molecular weight is 393 g/mol. The highest BCUT2D eigenvalue weighted by molar-refractivity contribution is 7.15. The van der Waals surface area contributed by atoms with Gasteiger partial charge in [0.1, 0.15) is 6.54 Å². The molecule has 138 valence electrons. The Morgan fingerprint density at radius 2 is 1.92 bits per heavy atom. The molecule has 0 unspecified atom stereocenters. The molecule has 0 fully saturated rings. The van der Waals surface area contributed by atoms with E-state index in [-0.39, 0.29) is 21.9 Å². The molecule has 1 aromatic carbocycles. The van der Waals surface area contributed by atoms with E-state index in [9.17, 15) is 31.1 Å². The van der Waals surface area contributed by atoms with Crippen LogP contribution in [0.1, 0.15) is 16.1 Å². The number of alkyl halides is 6. The van der Waals surface area contributed by atoms with E-state index in [1.807, 2.05) is 0 Å². The van der Waals surface area contributed by atoms with Crippen molar-refractivity contribution in [1.29, 1.82) is 0 Å². The van der Waals surface area contributed by atoms with E-state index in [1.165, 1.54) is 16.7 Å². The third kappa shape index (κ3) is 3.66. The van der Waals surface area contributed by atoms with Crippen LogP contribution in [0.5, 0.6) is 0 Å². The van der Waals surface area contributed by atoms with Gasteiger partial charge in [0.2, 0.25) is 0 Å². The third-order valence-electron chi connectivity index (χ3n) is 3.39. The summed E-state index contributed by atoms with van der Waals surface area (Å²) in [6, 6.07) is 4.17. The van der Waals surface area contributed by atoms with Gasteiger partial charge in [-0.15, -0.1) is 11.3 Å². The Labute approximate surface area is 146 Å². The molecule has 26 heavy (non-hydrogen) atoms. The standard InChI is InChI=1S/C15H9F6N3OS/c16-14(17,18)7-22-12(25)10-11(24-4-5-26-13(24)23-10)8-2-1-3-9(6-8)15(19,20)21/h1-6H,7H2,(H,22,25). The number of thiazole rings is 1. The smallest absolute Gasteiger partial charge is 0.342 e. The molecular weight excluding hydrogens is 384 g/mol. The number of nitrogens with zero attached hydrogens (tertiary/aromatic N) is 2. The van der Waals surface area contributed by atoms with Gasteiger partial charge in [0.05, 0.1) is 11.3 Å². The van der Waals surface area contributed by atoms with Crippen LogP contribution in [0.4, 0.5) is 26.3 Å². The number of nitrogens with one attached hydrogen (secondary N) is 1. The second-order valence-corrected chi connectivity index (χ2v) is 6.11. The Kier molecular flexibility index (Phi) is 4.42. The van der Waals surface area contributed by atoms with Crippen molar-refractivity contribution >= 4 is 22.2 Å². The van der Waals surface area contributed by atoms with E-state index < -0.39 is 30.4 Å². The Balaban J connectivity index is 2.08. The van der Waals surface area contributed by atoms with Crippen LogP contribution in [0.15, 0.2) is 35.8 Å². The molecule has 0 aliphatic carbocycles. The highest BCUT2D eigenvalue weighted by atomic mass is 32.1. The number of imidazole rings is 1. The SMILES string of the molecule is O=C(NCC(F)(F)F)c1nc2sccn2c1-c1cccc(C(F)(F)F)c1. The van der Waals surface area contributed by atoms with Crippen molar-refractivity contribution in [2.24, 2.45) is 0 Å². The molecule has 4 nitrogen and oxygen atoms in total. The number of hydrogen-bond donors (Lipinski definition) is 1. The van der Waals surface area contributed by atoms with Gasteiger partial charge < -0.3 is 5.32 Å². The van der Waals surface area contributed by atoms with Gasteiger partial charge in [-0.1, -0.05) is 12.1 Å². The van der Waals surface area contributed by atoms with Crippen LogP contribution in [0.25, 0.3) is 16.2 Å². The van der Waals surface area contributed by atoms with Crippen molar-refractivity contribution in [3.8, 4) is 11.3 Å². The lowest BCUT2D eigenvalue weighted by Gasteiger charge is -2.10. The van der Waals surface area contributed by atoms with Gasteiger partial charge >= 0.3 is 12.4 Å². The maximum absolute atomic E-state index is 12.9. The van der Waals surface area contributed by atoms with Gasteiger partial charge in [-0.05, 0) is 12.1 Å². The van der Waals surface area contributed by atoms with E-state index >= 15 is 0 Å². The minimum absolute atomic E-state index is 0.00738. The van der Waals surface area contributed by atoms with Crippen molar-refractivity contribution in [2.75, 3.05) is 6.54 Å². The van der Waals surface area contributed by atoms with Crippen molar-refractivity contribution in [2.45, 2.75) is 12.4 Å². The molecule has 2 aromatic heterocycles. The maximum Gasteiger partial charge on any atom is 0.416 e. The van der Waals surface area contributed by atoms with Crippen molar-refractivity contribution in [1.82, 2.24) is 14.7 Å². The summed E-state index contributed by atoms with van der Waals surface area (Å²) in [6.07, 6.45) is -7.75. The Morgan fingerprint density at radius 1 is 1.19 bits per heavy atom. The first kappa shape index (κ1) is 18.2. The molecule has 0 aliphatic rings. The van der Waals surface area contributed by atoms with Crippen LogP contribution in [-0.4, -0.2) is 28.0 Å². The van der Waals surface area contributed by atoms with Gasteiger partial charge in [0.15, 0.2) is 10.7 Å². The fourth-order valence-electron chi connectivity index (χ4n) is 2.33. The Bertz CT molecular complexity index is 956. The number of amides is 1. The Morgan fingerprint density at radius 3 is 2.58 bits per heavy atom. The lowest BCUT2D eigenvalue weighted by atomic mass is 10.1.